The van der Waals surface area contributed by atoms with Gasteiger partial charge in [-0.05, 0) is 49.9 Å². The van der Waals surface area contributed by atoms with Crippen molar-refractivity contribution in [3.05, 3.63) is 47.8 Å². The third-order valence-corrected chi connectivity index (χ3v) is 4.63. The number of likely N-dealkylation sites (tertiary alicyclic amines) is 1. The molecule has 1 unspecified atom stereocenters. The van der Waals surface area contributed by atoms with Gasteiger partial charge in [0.05, 0.1) is 18.8 Å². The predicted molar refractivity (Wildman–Crippen MR) is 92.9 cm³/mol. The fourth-order valence-electron chi connectivity index (χ4n) is 3.37. The molecule has 1 aromatic carbocycles. The normalized spacial score (nSPS) is 17.8. The van der Waals surface area contributed by atoms with Crippen LogP contribution in [0.15, 0.2) is 36.5 Å². The average Bonchev–Trinajstić information content (AvgIpc) is 3.05. The smallest absolute Gasteiger partial charge is 0.224 e. The van der Waals surface area contributed by atoms with Gasteiger partial charge < -0.3 is 9.64 Å². The summed E-state index contributed by atoms with van der Waals surface area (Å²) >= 11 is 0. The first-order valence-corrected chi connectivity index (χ1v) is 8.61. The second-order valence-electron chi connectivity index (χ2n) is 6.35. The molecule has 0 radical (unpaired) electrons. The first kappa shape index (κ1) is 16.6. The maximum absolute atomic E-state index is 12.8. The maximum atomic E-state index is 12.8. The largest absolute Gasteiger partial charge is 0.497 e. The second-order valence-corrected chi connectivity index (χ2v) is 6.35. The van der Waals surface area contributed by atoms with Gasteiger partial charge in [0, 0.05) is 25.7 Å². The molecule has 1 aliphatic heterocycles. The number of carbonyl (C=O) groups is 1. The molecule has 1 aromatic heterocycles. The summed E-state index contributed by atoms with van der Waals surface area (Å²) in [5, 5.41) is 4.36. The van der Waals surface area contributed by atoms with Gasteiger partial charge in [-0.1, -0.05) is 12.1 Å². The van der Waals surface area contributed by atoms with Crippen LogP contribution in [0.25, 0.3) is 0 Å². The van der Waals surface area contributed by atoms with Gasteiger partial charge in [-0.15, -0.1) is 0 Å². The fourth-order valence-corrected chi connectivity index (χ4v) is 3.37. The minimum atomic E-state index is 0.153. The molecule has 5 nitrogen and oxygen atoms in total. The number of aryl methyl sites for hydroxylation is 2. The van der Waals surface area contributed by atoms with Gasteiger partial charge in [-0.25, -0.2) is 0 Å². The number of methoxy groups -OCH3 is 1. The van der Waals surface area contributed by atoms with Crippen LogP contribution < -0.4 is 4.74 Å². The Morgan fingerprint density at radius 3 is 2.96 bits per heavy atom. The number of rotatable bonds is 5. The van der Waals surface area contributed by atoms with Crippen LogP contribution in [0, 0.1) is 6.92 Å². The first-order chi connectivity index (χ1) is 11.7. The van der Waals surface area contributed by atoms with E-state index in [1.54, 1.807) is 7.11 Å². The minimum Gasteiger partial charge on any atom is -0.497 e. The molecule has 1 amide bonds. The monoisotopic (exact) mass is 327 g/mol. The molecule has 1 fully saturated rings. The molecule has 0 saturated carbocycles. The zero-order valence-electron chi connectivity index (χ0n) is 14.4. The van der Waals surface area contributed by atoms with Crippen molar-refractivity contribution in [2.24, 2.45) is 0 Å². The van der Waals surface area contributed by atoms with E-state index in [1.807, 2.05) is 47.0 Å². The number of nitrogens with zero attached hydrogens (tertiary/aromatic N) is 3. The Morgan fingerprint density at radius 2 is 2.21 bits per heavy atom. The highest BCUT2D eigenvalue weighted by Crippen LogP contribution is 2.32. The molecule has 1 saturated heterocycles. The first-order valence-electron chi connectivity index (χ1n) is 8.61. The van der Waals surface area contributed by atoms with Crippen molar-refractivity contribution in [1.82, 2.24) is 14.7 Å². The van der Waals surface area contributed by atoms with Gasteiger partial charge in [0.15, 0.2) is 0 Å². The molecule has 0 spiro atoms. The summed E-state index contributed by atoms with van der Waals surface area (Å²) in [6, 6.07) is 10.2. The lowest BCUT2D eigenvalue weighted by Crippen LogP contribution is -2.38. The van der Waals surface area contributed by atoms with E-state index in [4.69, 9.17) is 4.74 Å². The number of aromatic nitrogens is 2. The van der Waals surface area contributed by atoms with Crippen LogP contribution in [0.4, 0.5) is 0 Å². The fraction of sp³-hybridized carbons (Fsp3) is 0.474. The van der Waals surface area contributed by atoms with Gasteiger partial charge in [0.2, 0.25) is 5.91 Å². The molecule has 2 heterocycles. The van der Waals surface area contributed by atoms with Crippen molar-refractivity contribution in [3.63, 3.8) is 0 Å². The van der Waals surface area contributed by atoms with Crippen LogP contribution in [-0.4, -0.2) is 34.2 Å². The van der Waals surface area contributed by atoms with Gasteiger partial charge in [-0.3, -0.25) is 9.48 Å². The van der Waals surface area contributed by atoms with Gasteiger partial charge in [0.1, 0.15) is 5.75 Å². The Morgan fingerprint density at radius 1 is 1.33 bits per heavy atom. The molecule has 0 N–H and O–H groups in total. The Bertz CT molecular complexity index is 695. The van der Waals surface area contributed by atoms with Crippen LogP contribution in [0.5, 0.6) is 5.75 Å². The standard InChI is InChI=1S/C19H25N3O2/c1-15-9-12-21(20-15)13-10-19(23)22-11-4-3-8-18(22)16-6-5-7-17(14-16)24-2/h5-7,9,12,14,18H,3-4,8,10-11,13H2,1-2H3. The summed E-state index contributed by atoms with van der Waals surface area (Å²) in [5.41, 5.74) is 2.15. The molecule has 128 valence electrons. The number of hydrogen-bond donors (Lipinski definition) is 0. The number of ether oxygens (including phenoxy) is 1. The highest BCUT2D eigenvalue weighted by Gasteiger charge is 2.27. The van der Waals surface area contributed by atoms with Crippen LogP contribution >= 0.6 is 0 Å². The second kappa shape index (κ2) is 7.51. The number of piperidine rings is 1. The number of benzene rings is 1. The molecule has 1 atom stereocenters. The van der Waals surface area contributed by atoms with E-state index in [1.165, 1.54) is 0 Å². The van der Waals surface area contributed by atoms with Crippen LogP contribution in [0.2, 0.25) is 0 Å². The molecular weight excluding hydrogens is 302 g/mol. The third kappa shape index (κ3) is 3.78. The zero-order chi connectivity index (χ0) is 16.9. The van der Waals surface area contributed by atoms with Crippen LogP contribution in [0.3, 0.4) is 0 Å². The van der Waals surface area contributed by atoms with Gasteiger partial charge in [-0.2, -0.15) is 5.10 Å². The topological polar surface area (TPSA) is 47.4 Å². The van der Waals surface area contributed by atoms with Crippen molar-refractivity contribution in [2.75, 3.05) is 13.7 Å². The van der Waals surface area contributed by atoms with Crippen molar-refractivity contribution in [3.8, 4) is 5.75 Å². The number of carbonyl (C=O) groups excluding carboxylic acids is 1. The van der Waals surface area contributed by atoms with Crippen LogP contribution in [0.1, 0.15) is 43.0 Å². The van der Waals surface area contributed by atoms with Crippen molar-refractivity contribution < 1.29 is 9.53 Å². The lowest BCUT2D eigenvalue weighted by molar-refractivity contribution is -0.135. The summed E-state index contributed by atoms with van der Waals surface area (Å²) in [4.78, 5) is 14.8. The lowest BCUT2D eigenvalue weighted by Gasteiger charge is -2.36. The molecule has 0 bridgehead atoms. The quantitative estimate of drug-likeness (QED) is 0.846. The van der Waals surface area contributed by atoms with Gasteiger partial charge >= 0.3 is 0 Å². The lowest BCUT2D eigenvalue weighted by atomic mass is 9.94. The SMILES string of the molecule is COc1cccc(C2CCCCN2C(=O)CCn2ccc(C)n2)c1. The van der Waals surface area contributed by atoms with E-state index in [2.05, 4.69) is 11.2 Å². The Kier molecular flexibility index (Phi) is 5.18. The molecule has 24 heavy (non-hydrogen) atoms. The molecule has 2 aromatic rings. The molecule has 1 aliphatic rings. The van der Waals surface area contributed by atoms with E-state index in [0.29, 0.717) is 13.0 Å². The third-order valence-electron chi connectivity index (χ3n) is 4.63. The summed E-state index contributed by atoms with van der Waals surface area (Å²) in [5.74, 6) is 1.05. The summed E-state index contributed by atoms with van der Waals surface area (Å²) in [7, 11) is 1.68. The van der Waals surface area contributed by atoms with Crippen molar-refractivity contribution in [1.29, 1.82) is 0 Å². The van der Waals surface area contributed by atoms with Crippen LogP contribution in [-0.2, 0) is 11.3 Å². The Balaban J connectivity index is 1.70. The van der Waals surface area contributed by atoms with Crippen molar-refractivity contribution in [2.45, 2.75) is 45.2 Å². The maximum Gasteiger partial charge on any atom is 0.224 e. The summed E-state index contributed by atoms with van der Waals surface area (Å²) in [6.07, 6.45) is 5.66. The minimum absolute atomic E-state index is 0.153. The zero-order valence-corrected chi connectivity index (χ0v) is 14.4. The Hall–Kier alpha value is -2.30. The van der Waals surface area contributed by atoms with Gasteiger partial charge in [0.25, 0.3) is 0 Å². The van der Waals surface area contributed by atoms with E-state index in [9.17, 15) is 4.79 Å². The molecule has 0 aliphatic carbocycles. The number of amides is 1. The van der Waals surface area contributed by atoms with E-state index in [0.717, 1.165) is 42.8 Å². The predicted octanol–water partition coefficient (Wildman–Crippen LogP) is 3.34. The average molecular weight is 327 g/mol. The summed E-state index contributed by atoms with van der Waals surface area (Å²) < 4.78 is 7.18. The van der Waals surface area contributed by atoms with E-state index < -0.39 is 0 Å². The number of hydrogen-bond acceptors (Lipinski definition) is 3. The molecule has 3 rings (SSSR count). The molecular formula is C19H25N3O2. The summed E-state index contributed by atoms with van der Waals surface area (Å²) in [6.45, 7) is 3.43. The van der Waals surface area contributed by atoms with Crippen molar-refractivity contribution >= 4 is 5.91 Å². The van der Waals surface area contributed by atoms with E-state index in [-0.39, 0.29) is 11.9 Å². The molecule has 5 heteroatoms. The van der Waals surface area contributed by atoms with E-state index >= 15 is 0 Å². The Labute approximate surface area is 143 Å². The highest BCUT2D eigenvalue weighted by molar-refractivity contribution is 5.76. The highest BCUT2D eigenvalue weighted by atomic mass is 16.5.